The molecular weight excluding hydrogens is 160 g/mol. The zero-order valence-corrected chi connectivity index (χ0v) is 9.58. The molecule has 2 nitrogen and oxygen atoms in total. The minimum atomic E-state index is 0.785. The van der Waals surface area contributed by atoms with Crippen LogP contribution in [0.4, 0.5) is 0 Å². The number of nitrogens with zero attached hydrogens (tertiary/aromatic N) is 2. The van der Waals surface area contributed by atoms with Crippen molar-refractivity contribution in [2.24, 2.45) is 5.92 Å². The predicted molar refractivity (Wildman–Crippen MR) is 58.0 cm³/mol. The van der Waals surface area contributed by atoms with Crippen molar-refractivity contribution in [2.45, 2.75) is 32.7 Å². The van der Waals surface area contributed by atoms with Gasteiger partial charge in [0, 0.05) is 19.1 Å². The van der Waals surface area contributed by atoms with Gasteiger partial charge >= 0.3 is 0 Å². The lowest BCUT2D eigenvalue weighted by molar-refractivity contribution is 0.123. The van der Waals surface area contributed by atoms with Gasteiger partial charge in [-0.3, -0.25) is 0 Å². The van der Waals surface area contributed by atoms with Crippen molar-refractivity contribution in [3.63, 3.8) is 0 Å². The van der Waals surface area contributed by atoms with E-state index in [9.17, 15) is 0 Å². The minimum Gasteiger partial charge on any atom is -0.305 e. The first-order valence-corrected chi connectivity index (χ1v) is 5.48. The smallest absolute Gasteiger partial charge is 0.0217 e. The van der Waals surface area contributed by atoms with Gasteiger partial charge in [-0.25, -0.2) is 0 Å². The van der Waals surface area contributed by atoms with Gasteiger partial charge in [0.15, 0.2) is 0 Å². The molecular formula is C11H24N2. The summed E-state index contributed by atoms with van der Waals surface area (Å²) in [4.78, 5) is 4.98. The van der Waals surface area contributed by atoms with Crippen molar-refractivity contribution in [2.75, 3.05) is 33.7 Å². The maximum Gasteiger partial charge on any atom is 0.0217 e. The molecule has 1 aliphatic heterocycles. The molecule has 0 saturated carbocycles. The van der Waals surface area contributed by atoms with Crippen LogP contribution >= 0.6 is 0 Å². The van der Waals surface area contributed by atoms with Crippen molar-refractivity contribution < 1.29 is 0 Å². The summed E-state index contributed by atoms with van der Waals surface area (Å²) in [5.74, 6) is 0.806. The van der Waals surface area contributed by atoms with Crippen LogP contribution in [0.1, 0.15) is 26.7 Å². The SMILES string of the molecule is CC(C)CN1CCC[C@@H](N(C)C)C1. The van der Waals surface area contributed by atoms with Gasteiger partial charge in [0.2, 0.25) is 0 Å². The fraction of sp³-hybridized carbons (Fsp3) is 1.00. The van der Waals surface area contributed by atoms with Gasteiger partial charge in [-0.2, -0.15) is 0 Å². The molecule has 0 radical (unpaired) electrons. The Kier molecular flexibility index (Phi) is 4.20. The first-order valence-electron chi connectivity index (χ1n) is 5.48. The normalized spacial score (nSPS) is 25.8. The van der Waals surface area contributed by atoms with E-state index < -0.39 is 0 Å². The molecule has 13 heavy (non-hydrogen) atoms. The average molecular weight is 184 g/mol. The molecule has 0 bridgehead atoms. The Labute approximate surface area is 82.9 Å². The molecule has 1 heterocycles. The highest BCUT2D eigenvalue weighted by atomic mass is 15.2. The number of likely N-dealkylation sites (N-methyl/N-ethyl adjacent to an activating group) is 1. The van der Waals surface area contributed by atoms with E-state index in [2.05, 4.69) is 37.7 Å². The molecule has 1 fully saturated rings. The van der Waals surface area contributed by atoms with E-state index in [-0.39, 0.29) is 0 Å². The van der Waals surface area contributed by atoms with Gasteiger partial charge in [-0.05, 0) is 39.4 Å². The second kappa shape index (κ2) is 4.97. The van der Waals surface area contributed by atoms with Crippen LogP contribution in [0.2, 0.25) is 0 Å². The maximum absolute atomic E-state index is 2.61. The van der Waals surface area contributed by atoms with Gasteiger partial charge in [0.25, 0.3) is 0 Å². The molecule has 0 unspecified atom stereocenters. The van der Waals surface area contributed by atoms with Crippen LogP contribution in [0.5, 0.6) is 0 Å². The van der Waals surface area contributed by atoms with E-state index in [1.807, 2.05) is 0 Å². The standard InChI is InChI=1S/C11H24N2/c1-10(2)8-13-7-5-6-11(9-13)12(3)4/h10-11H,5-9H2,1-4H3/t11-/m1/s1. The van der Waals surface area contributed by atoms with Crippen LogP contribution in [0.15, 0.2) is 0 Å². The van der Waals surface area contributed by atoms with Crippen LogP contribution in [0.25, 0.3) is 0 Å². The van der Waals surface area contributed by atoms with Crippen LogP contribution in [-0.2, 0) is 0 Å². The zero-order chi connectivity index (χ0) is 9.84. The van der Waals surface area contributed by atoms with Crippen LogP contribution in [0, 0.1) is 5.92 Å². The Morgan fingerprint density at radius 3 is 2.62 bits per heavy atom. The molecule has 0 aromatic heterocycles. The van der Waals surface area contributed by atoms with Crippen molar-refractivity contribution in [1.82, 2.24) is 9.80 Å². The highest BCUT2D eigenvalue weighted by Gasteiger charge is 2.21. The number of rotatable bonds is 3. The monoisotopic (exact) mass is 184 g/mol. The summed E-state index contributed by atoms with van der Waals surface area (Å²) in [5.41, 5.74) is 0. The zero-order valence-electron chi connectivity index (χ0n) is 9.58. The summed E-state index contributed by atoms with van der Waals surface area (Å²) in [6, 6.07) is 0.785. The third-order valence-corrected chi connectivity index (χ3v) is 2.83. The Morgan fingerprint density at radius 1 is 1.38 bits per heavy atom. The Bertz CT molecular complexity index is 143. The van der Waals surface area contributed by atoms with Gasteiger partial charge in [-0.15, -0.1) is 0 Å². The minimum absolute atomic E-state index is 0.785. The quantitative estimate of drug-likeness (QED) is 0.658. The Balaban J connectivity index is 2.33. The van der Waals surface area contributed by atoms with E-state index in [0.29, 0.717) is 0 Å². The van der Waals surface area contributed by atoms with E-state index in [1.54, 1.807) is 0 Å². The molecule has 2 heteroatoms. The fourth-order valence-electron chi connectivity index (χ4n) is 2.13. The molecule has 1 atom stereocenters. The lowest BCUT2D eigenvalue weighted by atomic mass is 10.0. The number of hydrogen-bond acceptors (Lipinski definition) is 2. The van der Waals surface area contributed by atoms with E-state index in [0.717, 1.165) is 12.0 Å². The third-order valence-electron chi connectivity index (χ3n) is 2.83. The van der Waals surface area contributed by atoms with E-state index >= 15 is 0 Å². The van der Waals surface area contributed by atoms with Crippen molar-refractivity contribution >= 4 is 0 Å². The lowest BCUT2D eigenvalue weighted by Gasteiger charge is -2.36. The van der Waals surface area contributed by atoms with Gasteiger partial charge in [-0.1, -0.05) is 13.8 Å². The third kappa shape index (κ3) is 3.65. The Morgan fingerprint density at radius 2 is 2.08 bits per heavy atom. The van der Waals surface area contributed by atoms with Crippen molar-refractivity contribution in [1.29, 1.82) is 0 Å². The molecule has 1 rings (SSSR count). The molecule has 0 amide bonds. The maximum atomic E-state index is 2.61. The average Bonchev–Trinajstić information content (AvgIpc) is 2.03. The van der Waals surface area contributed by atoms with Crippen LogP contribution < -0.4 is 0 Å². The predicted octanol–water partition coefficient (Wildman–Crippen LogP) is 1.67. The van der Waals surface area contributed by atoms with E-state index in [1.165, 1.54) is 32.5 Å². The molecule has 0 aromatic rings. The number of likely N-dealkylation sites (tertiary alicyclic amines) is 1. The first-order chi connectivity index (χ1) is 6.09. The summed E-state index contributed by atoms with van der Waals surface area (Å²) in [6.45, 7) is 8.45. The molecule has 1 aliphatic rings. The highest BCUT2D eigenvalue weighted by molar-refractivity contribution is 4.78. The first kappa shape index (κ1) is 11.0. The van der Waals surface area contributed by atoms with Gasteiger partial charge in [0.05, 0.1) is 0 Å². The Hall–Kier alpha value is -0.0800. The topological polar surface area (TPSA) is 6.48 Å². The molecule has 0 aromatic carbocycles. The molecule has 1 saturated heterocycles. The van der Waals surface area contributed by atoms with Gasteiger partial charge in [0.1, 0.15) is 0 Å². The van der Waals surface area contributed by atoms with Crippen molar-refractivity contribution in [3.8, 4) is 0 Å². The summed E-state index contributed by atoms with van der Waals surface area (Å²) in [6.07, 6.45) is 2.75. The molecule has 0 N–H and O–H groups in total. The second-order valence-electron chi connectivity index (χ2n) is 4.91. The fourth-order valence-corrected chi connectivity index (χ4v) is 2.13. The van der Waals surface area contributed by atoms with Crippen molar-refractivity contribution in [3.05, 3.63) is 0 Å². The van der Waals surface area contributed by atoms with Crippen LogP contribution in [-0.4, -0.2) is 49.6 Å². The summed E-state index contributed by atoms with van der Waals surface area (Å²) in [7, 11) is 4.40. The molecule has 0 spiro atoms. The summed E-state index contributed by atoms with van der Waals surface area (Å²) in [5, 5.41) is 0. The number of hydrogen-bond donors (Lipinski definition) is 0. The molecule has 0 aliphatic carbocycles. The summed E-state index contributed by atoms with van der Waals surface area (Å²) < 4.78 is 0. The van der Waals surface area contributed by atoms with Crippen LogP contribution in [0.3, 0.4) is 0 Å². The van der Waals surface area contributed by atoms with Gasteiger partial charge < -0.3 is 9.80 Å². The highest BCUT2D eigenvalue weighted by Crippen LogP contribution is 2.14. The summed E-state index contributed by atoms with van der Waals surface area (Å²) >= 11 is 0. The largest absolute Gasteiger partial charge is 0.305 e. The van der Waals surface area contributed by atoms with E-state index in [4.69, 9.17) is 0 Å². The number of piperidine rings is 1. The molecule has 78 valence electrons. The second-order valence-corrected chi connectivity index (χ2v) is 4.91. The lowest BCUT2D eigenvalue weighted by Crippen LogP contribution is -2.46.